The minimum Gasteiger partial charge on any atom is -0.481 e. The highest BCUT2D eigenvalue weighted by molar-refractivity contribution is 5.85. The van der Waals surface area contributed by atoms with Gasteiger partial charge in [-0.2, -0.15) is 0 Å². The Morgan fingerprint density at radius 3 is 2.53 bits per heavy atom. The van der Waals surface area contributed by atoms with Gasteiger partial charge in [-0.1, -0.05) is 19.1 Å². The van der Waals surface area contributed by atoms with Gasteiger partial charge in [0.25, 0.3) is 0 Å². The molecule has 4 heteroatoms. The highest BCUT2D eigenvalue weighted by Gasteiger charge is 2.38. The molecule has 2 aliphatic rings. The lowest BCUT2D eigenvalue weighted by molar-refractivity contribution is -0.152. The normalized spacial score (nSPS) is 31.2. The molecule has 1 amide bonds. The van der Waals surface area contributed by atoms with Gasteiger partial charge in [-0.3, -0.25) is 9.59 Å². The standard InChI is InChI=1S/C15H23NO3/c1-2-11-7-5-6-10-16(11)14(17)12-8-3-4-9-13(12)15(18)19/h3-4,11-13H,2,5-10H2,1H3,(H,18,19)/t11-,12+,13-/m0/s1. The zero-order valence-corrected chi connectivity index (χ0v) is 11.5. The van der Waals surface area contributed by atoms with E-state index in [9.17, 15) is 14.7 Å². The molecule has 106 valence electrons. The number of allylic oxidation sites excluding steroid dienone is 2. The lowest BCUT2D eigenvalue weighted by Gasteiger charge is -2.39. The third-order valence-corrected chi connectivity index (χ3v) is 4.45. The zero-order valence-electron chi connectivity index (χ0n) is 11.5. The molecule has 0 spiro atoms. The van der Waals surface area contributed by atoms with Crippen molar-refractivity contribution in [2.75, 3.05) is 6.54 Å². The van der Waals surface area contributed by atoms with Gasteiger partial charge in [0.15, 0.2) is 0 Å². The fraction of sp³-hybridized carbons (Fsp3) is 0.733. The quantitative estimate of drug-likeness (QED) is 0.797. The molecule has 1 heterocycles. The number of likely N-dealkylation sites (tertiary alicyclic amines) is 1. The lowest BCUT2D eigenvalue weighted by Crippen LogP contribution is -2.48. The van der Waals surface area contributed by atoms with E-state index in [1.165, 1.54) is 6.42 Å². The van der Waals surface area contributed by atoms with Crippen molar-refractivity contribution in [2.24, 2.45) is 11.8 Å². The van der Waals surface area contributed by atoms with E-state index in [0.29, 0.717) is 18.9 Å². The van der Waals surface area contributed by atoms with E-state index >= 15 is 0 Å². The minimum atomic E-state index is -0.840. The maximum atomic E-state index is 12.7. The summed E-state index contributed by atoms with van der Waals surface area (Å²) >= 11 is 0. The van der Waals surface area contributed by atoms with Crippen LogP contribution in [-0.4, -0.2) is 34.5 Å². The van der Waals surface area contributed by atoms with E-state index in [1.807, 2.05) is 17.1 Å². The number of piperidine rings is 1. The first kappa shape index (κ1) is 14.1. The molecule has 1 fully saturated rings. The molecular formula is C15H23NO3. The van der Waals surface area contributed by atoms with Crippen LogP contribution in [0.3, 0.4) is 0 Å². The summed E-state index contributed by atoms with van der Waals surface area (Å²) in [6, 6.07) is 0.307. The van der Waals surface area contributed by atoms with Crippen molar-refractivity contribution >= 4 is 11.9 Å². The van der Waals surface area contributed by atoms with Crippen LogP contribution in [0.2, 0.25) is 0 Å². The first-order valence-corrected chi connectivity index (χ1v) is 7.33. The van der Waals surface area contributed by atoms with Crippen LogP contribution in [0.25, 0.3) is 0 Å². The average molecular weight is 265 g/mol. The number of nitrogens with zero attached hydrogens (tertiary/aromatic N) is 1. The molecule has 0 radical (unpaired) electrons. The lowest BCUT2D eigenvalue weighted by atomic mass is 9.81. The molecule has 1 N–H and O–H groups in total. The number of carboxylic acid groups (broad SMARTS) is 1. The van der Waals surface area contributed by atoms with Crippen molar-refractivity contribution in [2.45, 2.75) is 51.5 Å². The summed E-state index contributed by atoms with van der Waals surface area (Å²) in [5.41, 5.74) is 0. The Morgan fingerprint density at radius 2 is 1.89 bits per heavy atom. The molecule has 1 saturated heterocycles. The van der Waals surface area contributed by atoms with Gasteiger partial charge in [0, 0.05) is 12.6 Å². The van der Waals surface area contributed by atoms with Crippen molar-refractivity contribution in [1.82, 2.24) is 4.90 Å². The Kier molecular flexibility index (Phi) is 4.61. The minimum absolute atomic E-state index is 0.0586. The number of hydrogen-bond acceptors (Lipinski definition) is 2. The van der Waals surface area contributed by atoms with Crippen LogP contribution in [0.1, 0.15) is 45.4 Å². The van der Waals surface area contributed by atoms with E-state index in [2.05, 4.69) is 6.92 Å². The van der Waals surface area contributed by atoms with Gasteiger partial charge >= 0.3 is 5.97 Å². The molecule has 0 aromatic heterocycles. The summed E-state index contributed by atoms with van der Waals surface area (Å²) in [6.45, 7) is 2.90. The molecule has 3 atom stereocenters. The summed E-state index contributed by atoms with van der Waals surface area (Å²) in [6.07, 6.45) is 9.13. The van der Waals surface area contributed by atoms with E-state index in [-0.39, 0.29) is 11.8 Å². The summed E-state index contributed by atoms with van der Waals surface area (Å²) in [5.74, 6) is -1.69. The number of rotatable bonds is 3. The van der Waals surface area contributed by atoms with Crippen molar-refractivity contribution in [3.8, 4) is 0 Å². The Bertz CT molecular complexity index is 378. The molecule has 2 rings (SSSR count). The van der Waals surface area contributed by atoms with Crippen LogP contribution in [0.15, 0.2) is 12.2 Å². The SMILES string of the molecule is CC[C@H]1CCCCN1C(=O)[C@@H]1CC=CC[C@@H]1C(=O)O. The number of amides is 1. The largest absolute Gasteiger partial charge is 0.481 e. The Hall–Kier alpha value is -1.32. The number of aliphatic carboxylic acids is 1. The van der Waals surface area contributed by atoms with Gasteiger partial charge in [0.1, 0.15) is 0 Å². The Balaban J connectivity index is 2.12. The number of hydrogen-bond donors (Lipinski definition) is 1. The first-order valence-electron chi connectivity index (χ1n) is 7.33. The summed E-state index contributed by atoms with van der Waals surface area (Å²) < 4.78 is 0. The van der Waals surface area contributed by atoms with Gasteiger partial charge in [0.05, 0.1) is 11.8 Å². The predicted molar refractivity (Wildman–Crippen MR) is 72.6 cm³/mol. The maximum absolute atomic E-state index is 12.7. The van der Waals surface area contributed by atoms with E-state index in [0.717, 1.165) is 25.8 Å². The van der Waals surface area contributed by atoms with Crippen molar-refractivity contribution in [3.05, 3.63) is 12.2 Å². The van der Waals surface area contributed by atoms with Crippen molar-refractivity contribution in [1.29, 1.82) is 0 Å². The third kappa shape index (κ3) is 2.99. The van der Waals surface area contributed by atoms with Gasteiger partial charge in [-0.15, -0.1) is 0 Å². The van der Waals surface area contributed by atoms with Crippen molar-refractivity contribution < 1.29 is 14.7 Å². The number of carbonyl (C=O) groups is 2. The second-order valence-corrected chi connectivity index (χ2v) is 5.58. The fourth-order valence-corrected chi connectivity index (χ4v) is 3.29. The third-order valence-electron chi connectivity index (χ3n) is 4.45. The maximum Gasteiger partial charge on any atom is 0.307 e. The van der Waals surface area contributed by atoms with Gasteiger partial charge < -0.3 is 10.0 Å². The van der Waals surface area contributed by atoms with E-state index in [1.54, 1.807) is 0 Å². The van der Waals surface area contributed by atoms with Gasteiger partial charge in [-0.05, 0) is 38.5 Å². The number of carbonyl (C=O) groups excluding carboxylic acids is 1. The van der Waals surface area contributed by atoms with Crippen LogP contribution >= 0.6 is 0 Å². The molecular weight excluding hydrogens is 242 g/mol. The first-order chi connectivity index (χ1) is 9.15. The Morgan fingerprint density at radius 1 is 1.21 bits per heavy atom. The molecule has 0 unspecified atom stereocenters. The molecule has 0 saturated carbocycles. The highest BCUT2D eigenvalue weighted by Crippen LogP contribution is 2.30. The number of carboxylic acids is 1. The van der Waals surface area contributed by atoms with E-state index in [4.69, 9.17) is 0 Å². The smallest absolute Gasteiger partial charge is 0.307 e. The highest BCUT2D eigenvalue weighted by atomic mass is 16.4. The van der Waals surface area contributed by atoms with Gasteiger partial charge in [0.2, 0.25) is 5.91 Å². The van der Waals surface area contributed by atoms with Crippen LogP contribution in [-0.2, 0) is 9.59 Å². The summed E-state index contributed by atoms with van der Waals surface area (Å²) in [5, 5.41) is 9.27. The molecule has 4 nitrogen and oxygen atoms in total. The van der Waals surface area contributed by atoms with Crippen LogP contribution < -0.4 is 0 Å². The average Bonchev–Trinajstić information content (AvgIpc) is 2.46. The second-order valence-electron chi connectivity index (χ2n) is 5.58. The fourth-order valence-electron chi connectivity index (χ4n) is 3.29. The predicted octanol–water partition coefficient (Wildman–Crippen LogP) is 2.44. The summed E-state index contributed by atoms with van der Waals surface area (Å²) in [4.78, 5) is 25.9. The monoisotopic (exact) mass is 265 g/mol. The van der Waals surface area contributed by atoms with Crippen LogP contribution in [0, 0.1) is 11.8 Å². The molecule has 0 aromatic carbocycles. The Labute approximate surface area is 114 Å². The molecule has 0 aromatic rings. The summed E-state index contributed by atoms with van der Waals surface area (Å²) in [7, 11) is 0. The van der Waals surface area contributed by atoms with Gasteiger partial charge in [-0.25, -0.2) is 0 Å². The molecule has 0 bridgehead atoms. The van der Waals surface area contributed by atoms with E-state index < -0.39 is 11.9 Å². The topological polar surface area (TPSA) is 57.6 Å². The molecule has 1 aliphatic heterocycles. The van der Waals surface area contributed by atoms with Crippen molar-refractivity contribution in [3.63, 3.8) is 0 Å². The van der Waals surface area contributed by atoms with Crippen LogP contribution in [0.4, 0.5) is 0 Å². The molecule has 1 aliphatic carbocycles. The zero-order chi connectivity index (χ0) is 13.8. The van der Waals surface area contributed by atoms with Crippen LogP contribution in [0.5, 0.6) is 0 Å². The second kappa shape index (κ2) is 6.22. The molecule has 19 heavy (non-hydrogen) atoms.